The van der Waals surface area contributed by atoms with E-state index < -0.39 is 0 Å². The van der Waals surface area contributed by atoms with Gasteiger partial charge >= 0.3 is 0 Å². The smallest absolute Gasteiger partial charge is 0.223 e. The SMILES string of the molecule is Cc1cc(N2CCC(C(=O)NC3CC3)CC2)nc(C)n1. The van der Waals surface area contributed by atoms with E-state index in [1.165, 1.54) is 0 Å². The molecule has 0 bridgehead atoms. The summed E-state index contributed by atoms with van der Waals surface area (Å²) in [4.78, 5) is 23.1. The molecule has 2 aliphatic rings. The molecule has 1 N–H and O–H groups in total. The highest BCUT2D eigenvalue weighted by atomic mass is 16.2. The van der Waals surface area contributed by atoms with E-state index in [0.29, 0.717) is 6.04 Å². The van der Waals surface area contributed by atoms with E-state index in [-0.39, 0.29) is 11.8 Å². The number of nitrogens with zero attached hydrogens (tertiary/aromatic N) is 3. The van der Waals surface area contributed by atoms with Crippen LogP contribution < -0.4 is 10.2 Å². The molecule has 20 heavy (non-hydrogen) atoms. The van der Waals surface area contributed by atoms with Crippen LogP contribution in [0.25, 0.3) is 0 Å². The van der Waals surface area contributed by atoms with E-state index in [4.69, 9.17) is 0 Å². The second kappa shape index (κ2) is 5.38. The van der Waals surface area contributed by atoms with Gasteiger partial charge in [0.1, 0.15) is 11.6 Å². The molecule has 3 rings (SSSR count). The Kier molecular flexibility index (Phi) is 3.59. The molecule has 0 radical (unpaired) electrons. The number of nitrogens with one attached hydrogen (secondary N) is 1. The Bertz CT molecular complexity index is 484. The van der Waals surface area contributed by atoms with E-state index in [2.05, 4.69) is 20.2 Å². The number of aromatic nitrogens is 2. The quantitative estimate of drug-likeness (QED) is 0.909. The summed E-state index contributed by atoms with van der Waals surface area (Å²) in [6.45, 7) is 5.72. The summed E-state index contributed by atoms with van der Waals surface area (Å²) in [6.07, 6.45) is 4.15. The molecule has 0 unspecified atom stereocenters. The molecule has 2 heterocycles. The summed E-state index contributed by atoms with van der Waals surface area (Å²) in [5.74, 6) is 2.24. The molecular weight excluding hydrogens is 252 g/mol. The third-order valence-electron chi connectivity index (χ3n) is 4.07. The molecule has 1 aliphatic heterocycles. The van der Waals surface area contributed by atoms with Gasteiger partial charge in [0.15, 0.2) is 0 Å². The van der Waals surface area contributed by atoms with Gasteiger partial charge in [-0.05, 0) is 39.5 Å². The van der Waals surface area contributed by atoms with Crippen molar-refractivity contribution in [3.05, 3.63) is 17.6 Å². The molecule has 1 aromatic rings. The van der Waals surface area contributed by atoms with E-state index in [0.717, 1.165) is 56.1 Å². The molecule has 0 aromatic carbocycles. The molecule has 5 heteroatoms. The minimum absolute atomic E-state index is 0.177. The van der Waals surface area contributed by atoms with E-state index in [1.807, 2.05) is 19.9 Å². The number of hydrogen-bond acceptors (Lipinski definition) is 4. The number of aryl methyl sites for hydroxylation is 2. The van der Waals surface area contributed by atoms with Crippen molar-refractivity contribution in [1.29, 1.82) is 0 Å². The summed E-state index contributed by atoms with van der Waals surface area (Å²) < 4.78 is 0. The van der Waals surface area contributed by atoms with Crippen LogP contribution in [-0.2, 0) is 4.79 Å². The maximum Gasteiger partial charge on any atom is 0.223 e. The van der Waals surface area contributed by atoms with Crippen LogP contribution in [0.5, 0.6) is 0 Å². The first-order chi connectivity index (χ1) is 9.61. The lowest BCUT2D eigenvalue weighted by molar-refractivity contribution is -0.125. The van der Waals surface area contributed by atoms with Gasteiger partial charge in [0.2, 0.25) is 5.91 Å². The molecule has 1 amide bonds. The average Bonchev–Trinajstić information content (AvgIpc) is 3.22. The summed E-state index contributed by atoms with van der Waals surface area (Å²) in [7, 11) is 0. The first-order valence-corrected chi connectivity index (χ1v) is 7.49. The van der Waals surface area contributed by atoms with Crippen LogP contribution in [0.4, 0.5) is 5.82 Å². The predicted octanol–water partition coefficient (Wildman–Crippen LogP) is 1.59. The fraction of sp³-hybridized carbons (Fsp3) is 0.667. The van der Waals surface area contributed by atoms with Crippen molar-refractivity contribution < 1.29 is 4.79 Å². The van der Waals surface area contributed by atoms with Gasteiger partial charge in [0, 0.05) is 36.8 Å². The normalized spacial score (nSPS) is 20.0. The number of carbonyl (C=O) groups excluding carboxylic acids is 1. The van der Waals surface area contributed by atoms with Crippen LogP contribution in [0, 0.1) is 19.8 Å². The Morgan fingerprint density at radius 2 is 1.90 bits per heavy atom. The van der Waals surface area contributed by atoms with Gasteiger partial charge in [-0.15, -0.1) is 0 Å². The monoisotopic (exact) mass is 274 g/mol. The lowest BCUT2D eigenvalue weighted by Crippen LogP contribution is -2.41. The third-order valence-corrected chi connectivity index (χ3v) is 4.07. The number of piperidine rings is 1. The van der Waals surface area contributed by atoms with Crippen LogP contribution in [0.15, 0.2) is 6.07 Å². The van der Waals surface area contributed by atoms with Gasteiger partial charge in [-0.2, -0.15) is 0 Å². The van der Waals surface area contributed by atoms with Crippen LogP contribution in [0.2, 0.25) is 0 Å². The van der Waals surface area contributed by atoms with Gasteiger partial charge in [0.05, 0.1) is 0 Å². The minimum atomic E-state index is 0.177. The van der Waals surface area contributed by atoms with E-state index in [9.17, 15) is 4.79 Å². The first-order valence-electron chi connectivity index (χ1n) is 7.49. The zero-order valence-electron chi connectivity index (χ0n) is 12.2. The Labute approximate surface area is 119 Å². The summed E-state index contributed by atoms with van der Waals surface area (Å²) in [5.41, 5.74) is 1.00. The number of rotatable bonds is 3. The van der Waals surface area contributed by atoms with Crippen molar-refractivity contribution in [2.45, 2.75) is 45.6 Å². The second-order valence-electron chi connectivity index (χ2n) is 5.96. The molecule has 108 valence electrons. The van der Waals surface area contributed by atoms with Crippen LogP contribution in [-0.4, -0.2) is 35.0 Å². The Hall–Kier alpha value is -1.65. The lowest BCUT2D eigenvalue weighted by Gasteiger charge is -2.32. The lowest BCUT2D eigenvalue weighted by atomic mass is 9.96. The zero-order chi connectivity index (χ0) is 14.1. The topological polar surface area (TPSA) is 58.1 Å². The molecule has 0 spiro atoms. The summed E-state index contributed by atoms with van der Waals surface area (Å²) in [5, 5.41) is 3.11. The maximum atomic E-state index is 12.0. The number of carbonyl (C=O) groups is 1. The number of amides is 1. The highest BCUT2D eigenvalue weighted by Gasteiger charge is 2.30. The fourth-order valence-electron chi connectivity index (χ4n) is 2.78. The van der Waals surface area contributed by atoms with Gasteiger partial charge in [-0.1, -0.05) is 0 Å². The molecule has 1 aliphatic carbocycles. The predicted molar refractivity (Wildman–Crippen MR) is 77.6 cm³/mol. The van der Waals surface area contributed by atoms with Crippen molar-refractivity contribution in [2.24, 2.45) is 5.92 Å². The standard InChI is InChI=1S/C15H22N4O/c1-10-9-14(17-11(2)16-10)19-7-5-12(6-8-19)15(20)18-13-3-4-13/h9,12-13H,3-8H2,1-2H3,(H,18,20). The Morgan fingerprint density at radius 1 is 1.20 bits per heavy atom. The van der Waals surface area contributed by atoms with Crippen molar-refractivity contribution in [3.8, 4) is 0 Å². The summed E-state index contributed by atoms with van der Waals surface area (Å²) >= 11 is 0. The minimum Gasteiger partial charge on any atom is -0.356 e. The van der Waals surface area contributed by atoms with Crippen molar-refractivity contribution in [1.82, 2.24) is 15.3 Å². The van der Waals surface area contributed by atoms with E-state index in [1.54, 1.807) is 0 Å². The highest BCUT2D eigenvalue weighted by molar-refractivity contribution is 5.79. The highest BCUT2D eigenvalue weighted by Crippen LogP contribution is 2.24. The van der Waals surface area contributed by atoms with Crippen molar-refractivity contribution in [3.63, 3.8) is 0 Å². The van der Waals surface area contributed by atoms with Crippen molar-refractivity contribution >= 4 is 11.7 Å². The molecule has 1 aromatic heterocycles. The zero-order valence-corrected chi connectivity index (χ0v) is 12.2. The van der Waals surface area contributed by atoms with Gasteiger partial charge in [-0.25, -0.2) is 9.97 Å². The number of anilines is 1. The Morgan fingerprint density at radius 3 is 2.50 bits per heavy atom. The fourth-order valence-corrected chi connectivity index (χ4v) is 2.78. The van der Waals surface area contributed by atoms with Gasteiger partial charge < -0.3 is 10.2 Å². The maximum absolute atomic E-state index is 12.0. The van der Waals surface area contributed by atoms with Crippen LogP contribution in [0.1, 0.15) is 37.2 Å². The molecular formula is C15H22N4O. The average molecular weight is 274 g/mol. The van der Waals surface area contributed by atoms with E-state index >= 15 is 0 Å². The molecule has 1 saturated carbocycles. The molecule has 1 saturated heterocycles. The number of hydrogen-bond donors (Lipinski definition) is 1. The molecule has 2 fully saturated rings. The Balaban J connectivity index is 1.58. The second-order valence-corrected chi connectivity index (χ2v) is 5.96. The van der Waals surface area contributed by atoms with Gasteiger partial charge in [-0.3, -0.25) is 4.79 Å². The van der Waals surface area contributed by atoms with Crippen molar-refractivity contribution in [2.75, 3.05) is 18.0 Å². The summed E-state index contributed by atoms with van der Waals surface area (Å²) in [6, 6.07) is 2.49. The molecule has 0 atom stereocenters. The third kappa shape index (κ3) is 3.08. The largest absolute Gasteiger partial charge is 0.356 e. The first kappa shape index (κ1) is 13.3. The molecule has 5 nitrogen and oxygen atoms in total. The van der Waals surface area contributed by atoms with Gasteiger partial charge in [0.25, 0.3) is 0 Å². The van der Waals surface area contributed by atoms with Crippen LogP contribution in [0.3, 0.4) is 0 Å². The van der Waals surface area contributed by atoms with Crippen LogP contribution >= 0.6 is 0 Å².